The number of rotatable bonds is 4. The number of pyridine rings is 2. The predicted molar refractivity (Wildman–Crippen MR) is 104 cm³/mol. The lowest BCUT2D eigenvalue weighted by molar-refractivity contribution is 0.102. The van der Waals surface area contributed by atoms with Gasteiger partial charge in [-0.15, -0.1) is 0 Å². The molecule has 0 saturated carbocycles. The van der Waals surface area contributed by atoms with Gasteiger partial charge in [-0.1, -0.05) is 48.2 Å². The van der Waals surface area contributed by atoms with E-state index in [1.54, 1.807) is 30.2 Å². The molecule has 1 amide bonds. The summed E-state index contributed by atoms with van der Waals surface area (Å²) in [5, 5.41) is 3.90. The summed E-state index contributed by atoms with van der Waals surface area (Å²) < 4.78 is 0. The zero-order chi connectivity index (χ0) is 17.8. The van der Waals surface area contributed by atoms with Crippen LogP contribution in [0, 0.1) is 0 Å². The van der Waals surface area contributed by atoms with Gasteiger partial charge in [-0.25, -0.2) is 0 Å². The normalized spacial score (nSPS) is 10.6. The van der Waals surface area contributed by atoms with Crippen LogP contribution in [0.4, 0.5) is 5.69 Å². The van der Waals surface area contributed by atoms with Gasteiger partial charge in [0.25, 0.3) is 5.91 Å². The van der Waals surface area contributed by atoms with Crippen molar-refractivity contribution in [2.45, 2.75) is 9.79 Å². The van der Waals surface area contributed by atoms with Gasteiger partial charge in [0, 0.05) is 27.6 Å². The van der Waals surface area contributed by atoms with Crippen LogP contribution in [0.5, 0.6) is 0 Å². The van der Waals surface area contributed by atoms with E-state index < -0.39 is 0 Å². The SMILES string of the molecule is O=C(Nc1cccc2cccnc12)c1cc(Sc2ccccc2)ccn1. The molecule has 1 N–H and O–H groups in total. The quantitative estimate of drug-likeness (QED) is 0.556. The number of hydrogen-bond donors (Lipinski definition) is 1. The maximum Gasteiger partial charge on any atom is 0.274 e. The second-order valence-electron chi connectivity index (χ2n) is 5.63. The Bertz CT molecular complexity index is 1060. The van der Waals surface area contributed by atoms with E-state index in [4.69, 9.17) is 0 Å². The van der Waals surface area contributed by atoms with Crippen LogP contribution in [-0.2, 0) is 0 Å². The molecule has 26 heavy (non-hydrogen) atoms. The van der Waals surface area contributed by atoms with Crippen LogP contribution < -0.4 is 5.32 Å². The van der Waals surface area contributed by atoms with E-state index in [0.29, 0.717) is 11.4 Å². The molecular weight excluding hydrogens is 342 g/mol. The average molecular weight is 357 g/mol. The molecule has 126 valence electrons. The fraction of sp³-hybridized carbons (Fsp3) is 0. The summed E-state index contributed by atoms with van der Waals surface area (Å²) in [5.74, 6) is -0.251. The van der Waals surface area contributed by atoms with Crippen LogP contribution >= 0.6 is 11.8 Å². The third kappa shape index (κ3) is 3.58. The molecule has 2 aromatic heterocycles. The van der Waals surface area contributed by atoms with E-state index >= 15 is 0 Å². The van der Waals surface area contributed by atoms with E-state index in [9.17, 15) is 4.79 Å². The Morgan fingerprint density at radius 2 is 1.65 bits per heavy atom. The van der Waals surface area contributed by atoms with Crippen LogP contribution in [0.1, 0.15) is 10.5 Å². The highest BCUT2D eigenvalue weighted by Crippen LogP contribution is 2.27. The third-order valence-corrected chi connectivity index (χ3v) is 4.82. The number of anilines is 1. The lowest BCUT2D eigenvalue weighted by Crippen LogP contribution is -2.14. The van der Waals surface area contributed by atoms with E-state index in [1.165, 1.54) is 0 Å². The molecule has 4 rings (SSSR count). The van der Waals surface area contributed by atoms with Crippen LogP contribution in [0.15, 0.2) is 95.0 Å². The van der Waals surface area contributed by atoms with Crippen LogP contribution in [-0.4, -0.2) is 15.9 Å². The summed E-state index contributed by atoms with van der Waals surface area (Å²) in [7, 11) is 0. The predicted octanol–water partition coefficient (Wildman–Crippen LogP) is 5.03. The lowest BCUT2D eigenvalue weighted by atomic mass is 10.2. The number of para-hydroxylation sites is 1. The van der Waals surface area contributed by atoms with Crippen molar-refractivity contribution in [3.05, 3.63) is 90.9 Å². The van der Waals surface area contributed by atoms with Crippen molar-refractivity contribution < 1.29 is 4.79 Å². The summed E-state index contributed by atoms with van der Waals surface area (Å²) in [5.41, 5.74) is 1.81. The molecule has 5 heteroatoms. The monoisotopic (exact) mass is 357 g/mol. The second kappa shape index (κ2) is 7.37. The molecule has 4 nitrogen and oxygen atoms in total. The van der Waals surface area contributed by atoms with E-state index in [-0.39, 0.29) is 5.91 Å². The molecule has 0 fully saturated rings. The second-order valence-corrected chi connectivity index (χ2v) is 6.77. The number of nitrogens with zero attached hydrogens (tertiary/aromatic N) is 2. The number of carbonyl (C=O) groups excluding carboxylic acids is 1. The first-order chi connectivity index (χ1) is 12.8. The molecule has 0 spiro atoms. The van der Waals surface area contributed by atoms with Crippen LogP contribution in [0.25, 0.3) is 10.9 Å². The molecule has 0 aliphatic heterocycles. The largest absolute Gasteiger partial charge is 0.319 e. The highest BCUT2D eigenvalue weighted by molar-refractivity contribution is 7.99. The lowest BCUT2D eigenvalue weighted by Gasteiger charge is -2.08. The number of hydrogen-bond acceptors (Lipinski definition) is 4. The number of amides is 1. The van der Waals surface area contributed by atoms with Crippen molar-refractivity contribution >= 4 is 34.3 Å². The minimum absolute atomic E-state index is 0.251. The summed E-state index contributed by atoms with van der Waals surface area (Å²) in [6, 6.07) is 23.3. The van der Waals surface area contributed by atoms with Gasteiger partial charge in [0.2, 0.25) is 0 Å². The number of carbonyl (C=O) groups is 1. The van der Waals surface area contributed by atoms with Gasteiger partial charge in [0.15, 0.2) is 0 Å². The highest BCUT2D eigenvalue weighted by atomic mass is 32.2. The highest BCUT2D eigenvalue weighted by Gasteiger charge is 2.11. The van der Waals surface area contributed by atoms with Gasteiger partial charge < -0.3 is 5.32 Å². The van der Waals surface area contributed by atoms with E-state index in [1.807, 2.05) is 66.7 Å². The van der Waals surface area contributed by atoms with E-state index in [2.05, 4.69) is 15.3 Å². The topological polar surface area (TPSA) is 54.9 Å². The van der Waals surface area contributed by atoms with Gasteiger partial charge in [-0.2, -0.15) is 0 Å². The van der Waals surface area contributed by atoms with E-state index in [0.717, 1.165) is 20.7 Å². The molecule has 0 unspecified atom stereocenters. The Kier molecular flexibility index (Phi) is 4.62. The Morgan fingerprint density at radius 3 is 2.54 bits per heavy atom. The Morgan fingerprint density at radius 1 is 0.808 bits per heavy atom. The number of nitrogens with one attached hydrogen (secondary N) is 1. The average Bonchev–Trinajstić information content (AvgIpc) is 2.69. The van der Waals surface area contributed by atoms with Gasteiger partial charge in [-0.3, -0.25) is 14.8 Å². The molecular formula is C21H15N3OS. The Labute approximate surface area is 155 Å². The molecule has 4 aromatic rings. The zero-order valence-corrected chi connectivity index (χ0v) is 14.6. The summed E-state index contributed by atoms with van der Waals surface area (Å²) in [6.45, 7) is 0. The minimum Gasteiger partial charge on any atom is -0.319 e. The number of fused-ring (bicyclic) bond motifs is 1. The van der Waals surface area contributed by atoms with Crippen molar-refractivity contribution in [1.29, 1.82) is 0 Å². The Hall–Kier alpha value is -3.18. The van der Waals surface area contributed by atoms with Crippen molar-refractivity contribution in [3.63, 3.8) is 0 Å². The zero-order valence-electron chi connectivity index (χ0n) is 13.8. The van der Waals surface area contributed by atoms with Crippen LogP contribution in [0.2, 0.25) is 0 Å². The first kappa shape index (κ1) is 16.3. The van der Waals surface area contributed by atoms with Gasteiger partial charge >= 0.3 is 0 Å². The van der Waals surface area contributed by atoms with Crippen molar-refractivity contribution in [2.24, 2.45) is 0 Å². The molecule has 0 saturated heterocycles. The number of aromatic nitrogens is 2. The standard InChI is InChI=1S/C21H15N3OS/c25-21(24-18-10-4-6-15-7-5-12-23-20(15)18)19-14-17(11-13-22-19)26-16-8-2-1-3-9-16/h1-14H,(H,24,25). The molecule has 2 heterocycles. The van der Waals surface area contributed by atoms with Gasteiger partial charge in [0.05, 0.1) is 11.2 Å². The van der Waals surface area contributed by atoms with Crippen LogP contribution in [0.3, 0.4) is 0 Å². The fourth-order valence-corrected chi connectivity index (χ4v) is 3.48. The number of benzene rings is 2. The first-order valence-corrected chi connectivity index (χ1v) is 8.95. The molecule has 0 bridgehead atoms. The fourth-order valence-electron chi connectivity index (χ4n) is 2.61. The first-order valence-electron chi connectivity index (χ1n) is 8.14. The van der Waals surface area contributed by atoms with Crippen molar-refractivity contribution in [2.75, 3.05) is 5.32 Å². The van der Waals surface area contributed by atoms with Gasteiger partial charge in [0.1, 0.15) is 5.69 Å². The molecule has 0 aliphatic carbocycles. The van der Waals surface area contributed by atoms with Crippen molar-refractivity contribution in [1.82, 2.24) is 9.97 Å². The maximum absolute atomic E-state index is 12.7. The third-order valence-electron chi connectivity index (χ3n) is 3.82. The minimum atomic E-state index is -0.251. The Balaban J connectivity index is 1.57. The maximum atomic E-state index is 12.7. The molecule has 0 aliphatic rings. The summed E-state index contributed by atoms with van der Waals surface area (Å²) in [6.07, 6.45) is 3.37. The summed E-state index contributed by atoms with van der Waals surface area (Å²) in [4.78, 5) is 23.3. The summed E-state index contributed by atoms with van der Waals surface area (Å²) >= 11 is 1.60. The van der Waals surface area contributed by atoms with Crippen molar-refractivity contribution in [3.8, 4) is 0 Å². The van der Waals surface area contributed by atoms with Gasteiger partial charge in [-0.05, 0) is 36.4 Å². The molecule has 0 atom stereocenters. The molecule has 2 aromatic carbocycles. The smallest absolute Gasteiger partial charge is 0.274 e. The molecule has 0 radical (unpaired) electrons.